The number of amides is 1. The molecule has 2 rings (SSSR count). The molecule has 0 radical (unpaired) electrons. The average molecular weight is 369 g/mol. The van der Waals surface area contributed by atoms with Crippen LogP contribution in [0.1, 0.15) is 19.7 Å². The maximum atomic E-state index is 12.0. The zero-order valence-electron chi connectivity index (χ0n) is 12.0. The first-order valence-electron chi connectivity index (χ1n) is 6.74. The van der Waals surface area contributed by atoms with E-state index in [1.165, 1.54) is 11.8 Å². The molecule has 5 nitrogen and oxygen atoms in total. The summed E-state index contributed by atoms with van der Waals surface area (Å²) in [6.07, 6.45) is 0.839. The molecule has 7 heteroatoms. The molecule has 0 saturated heterocycles. The van der Waals surface area contributed by atoms with Crippen LogP contribution in [0.2, 0.25) is 0 Å². The normalized spacial score (nSPS) is 10.6. The Bertz CT molecular complexity index is 629. The molecule has 112 valence electrons. The molecule has 1 aromatic heterocycles. The first-order chi connectivity index (χ1) is 10.1. The van der Waals surface area contributed by atoms with E-state index in [0.29, 0.717) is 5.75 Å². The SMILES string of the molecule is CCc1nnc(SCC(=O)Nc2cccc(Br)c2)n1CC. The smallest absolute Gasteiger partial charge is 0.234 e. The van der Waals surface area contributed by atoms with Gasteiger partial charge in [-0.25, -0.2) is 0 Å². The van der Waals surface area contributed by atoms with E-state index in [4.69, 9.17) is 0 Å². The number of halogens is 1. The van der Waals surface area contributed by atoms with E-state index in [9.17, 15) is 4.79 Å². The van der Waals surface area contributed by atoms with Gasteiger partial charge in [-0.05, 0) is 25.1 Å². The van der Waals surface area contributed by atoms with Gasteiger partial charge in [0.1, 0.15) is 5.82 Å². The second kappa shape index (κ2) is 7.61. The van der Waals surface area contributed by atoms with Crippen molar-refractivity contribution >= 4 is 39.3 Å². The van der Waals surface area contributed by atoms with Crippen LogP contribution in [0, 0.1) is 0 Å². The van der Waals surface area contributed by atoms with Crippen LogP contribution in [-0.4, -0.2) is 26.4 Å². The fraction of sp³-hybridized carbons (Fsp3) is 0.357. The average Bonchev–Trinajstić information content (AvgIpc) is 2.87. The van der Waals surface area contributed by atoms with Gasteiger partial charge < -0.3 is 9.88 Å². The van der Waals surface area contributed by atoms with Crippen molar-refractivity contribution in [3.63, 3.8) is 0 Å². The van der Waals surface area contributed by atoms with E-state index in [0.717, 1.165) is 34.1 Å². The summed E-state index contributed by atoms with van der Waals surface area (Å²) in [4.78, 5) is 12.0. The molecule has 0 aliphatic rings. The Balaban J connectivity index is 1.94. The molecule has 0 saturated carbocycles. The van der Waals surface area contributed by atoms with Crippen molar-refractivity contribution in [1.82, 2.24) is 14.8 Å². The highest BCUT2D eigenvalue weighted by atomic mass is 79.9. The number of carbonyl (C=O) groups excluding carboxylic acids is 1. The van der Waals surface area contributed by atoms with Crippen LogP contribution >= 0.6 is 27.7 Å². The number of thioether (sulfide) groups is 1. The second-order valence-corrected chi connectivity index (χ2v) is 6.20. The Labute approximate surface area is 136 Å². The monoisotopic (exact) mass is 368 g/mol. The molecule has 2 aromatic rings. The predicted octanol–water partition coefficient (Wildman–Crippen LogP) is 3.35. The van der Waals surface area contributed by atoms with Crippen molar-refractivity contribution in [2.45, 2.75) is 32.0 Å². The van der Waals surface area contributed by atoms with E-state index in [1.54, 1.807) is 0 Å². The lowest BCUT2D eigenvalue weighted by Crippen LogP contribution is -2.14. The van der Waals surface area contributed by atoms with Gasteiger partial charge in [0, 0.05) is 23.1 Å². The topological polar surface area (TPSA) is 59.8 Å². The minimum Gasteiger partial charge on any atom is -0.325 e. The zero-order valence-corrected chi connectivity index (χ0v) is 14.4. The van der Waals surface area contributed by atoms with Crippen LogP contribution in [0.3, 0.4) is 0 Å². The van der Waals surface area contributed by atoms with E-state index in [2.05, 4.69) is 31.4 Å². The lowest BCUT2D eigenvalue weighted by atomic mass is 10.3. The number of nitrogens with one attached hydrogen (secondary N) is 1. The summed E-state index contributed by atoms with van der Waals surface area (Å²) in [6.45, 7) is 4.91. The van der Waals surface area contributed by atoms with Gasteiger partial charge >= 0.3 is 0 Å². The van der Waals surface area contributed by atoms with Crippen molar-refractivity contribution in [1.29, 1.82) is 0 Å². The zero-order chi connectivity index (χ0) is 15.2. The summed E-state index contributed by atoms with van der Waals surface area (Å²) >= 11 is 4.78. The summed E-state index contributed by atoms with van der Waals surface area (Å²) < 4.78 is 2.98. The summed E-state index contributed by atoms with van der Waals surface area (Å²) in [6, 6.07) is 7.53. The first-order valence-corrected chi connectivity index (χ1v) is 8.52. The number of nitrogens with zero attached hydrogens (tertiary/aromatic N) is 3. The minimum atomic E-state index is -0.0539. The number of aryl methyl sites for hydroxylation is 1. The summed E-state index contributed by atoms with van der Waals surface area (Å²) in [5.41, 5.74) is 0.779. The quantitative estimate of drug-likeness (QED) is 0.794. The van der Waals surface area contributed by atoms with Gasteiger partial charge in [-0.3, -0.25) is 4.79 Å². The maximum absolute atomic E-state index is 12.0. The van der Waals surface area contributed by atoms with Crippen LogP contribution < -0.4 is 5.32 Å². The van der Waals surface area contributed by atoms with Gasteiger partial charge in [0.25, 0.3) is 0 Å². The molecule has 0 bridgehead atoms. The third-order valence-corrected chi connectivity index (χ3v) is 4.33. The van der Waals surface area contributed by atoms with Gasteiger partial charge in [0.15, 0.2) is 5.16 Å². The molecule has 0 atom stereocenters. The molecule has 0 unspecified atom stereocenters. The van der Waals surface area contributed by atoms with Gasteiger partial charge in [-0.15, -0.1) is 10.2 Å². The number of carbonyl (C=O) groups is 1. The molecule has 1 N–H and O–H groups in total. The number of rotatable bonds is 6. The highest BCUT2D eigenvalue weighted by molar-refractivity contribution is 9.10. The van der Waals surface area contributed by atoms with Crippen molar-refractivity contribution in [2.24, 2.45) is 0 Å². The predicted molar refractivity (Wildman–Crippen MR) is 88.6 cm³/mol. The Morgan fingerprint density at radius 1 is 1.38 bits per heavy atom. The number of hydrogen-bond acceptors (Lipinski definition) is 4. The largest absolute Gasteiger partial charge is 0.325 e. The van der Waals surface area contributed by atoms with Crippen molar-refractivity contribution in [3.8, 4) is 0 Å². The second-order valence-electron chi connectivity index (χ2n) is 4.34. The van der Waals surface area contributed by atoms with E-state index >= 15 is 0 Å². The fourth-order valence-corrected chi connectivity index (χ4v) is 3.12. The molecule has 1 heterocycles. The molecule has 1 aromatic carbocycles. The molecule has 0 fully saturated rings. The van der Waals surface area contributed by atoms with Gasteiger partial charge in [0.05, 0.1) is 5.75 Å². The Morgan fingerprint density at radius 3 is 2.86 bits per heavy atom. The van der Waals surface area contributed by atoms with Crippen LogP contribution in [-0.2, 0) is 17.8 Å². The standard InChI is InChI=1S/C14H17BrN4OS/c1-3-12-17-18-14(19(12)4-2)21-9-13(20)16-11-7-5-6-10(15)8-11/h5-8H,3-4,9H2,1-2H3,(H,16,20). The number of aromatic nitrogens is 3. The molecule has 1 amide bonds. The lowest BCUT2D eigenvalue weighted by Gasteiger charge is -2.07. The van der Waals surface area contributed by atoms with E-state index in [-0.39, 0.29) is 5.91 Å². The van der Waals surface area contributed by atoms with Crippen LogP contribution in [0.15, 0.2) is 33.9 Å². The Kier molecular flexibility index (Phi) is 5.81. The molecular formula is C14H17BrN4OS. The number of hydrogen-bond donors (Lipinski definition) is 1. The lowest BCUT2D eigenvalue weighted by molar-refractivity contribution is -0.113. The maximum Gasteiger partial charge on any atom is 0.234 e. The molecule has 0 spiro atoms. The van der Waals surface area contributed by atoms with E-state index < -0.39 is 0 Å². The fourth-order valence-electron chi connectivity index (χ4n) is 1.90. The molecule has 0 aliphatic heterocycles. The summed E-state index contributed by atoms with van der Waals surface area (Å²) in [5.74, 6) is 1.21. The third-order valence-electron chi connectivity index (χ3n) is 2.87. The Hall–Kier alpha value is -1.34. The molecular weight excluding hydrogens is 352 g/mol. The van der Waals surface area contributed by atoms with Gasteiger partial charge in [-0.1, -0.05) is 40.7 Å². The first kappa shape index (κ1) is 16.0. The highest BCUT2D eigenvalue weighted by Gasteiger charge is 2.12. The van der Waals surface area contributed by atoms with Crippen molar-refractivity contribution < 1.29 is 4.79 Å². The Morgan fingerprint density at radius 2 is 2.19 bits per heavy atom. The minimum absolute atomic E-state index is 0.0539. The molecule has 21 heavy (non-hydrogen) atoms. The molecule has 0 aliphatic carbocycles. The third kappa shape index (κ3) is 4.31. The summed E-state index contributed by atoms with van der Waals surface area (Å²) in [5, 5.41) is 11.9. The van der Waals surface area contributed by atoms with Crippen LogP contribution in [0.4, 0.5) is 5.69 Å². The van der Waals surface area contributed by atoms with Gasteiger partial charge in [0.2, 0.25) is 5.91 Å². The van der Waals surface area contributed by atoms with Crippen molar-refractivity contribution in [2.75, 3.05) is 11.1 Å². The highest BCUT2D eigenvalue weighted by Crippen LogP contribution is 2.19. The van der Waals surface area contributed by atoms with Gasteiger partial charge in [-0.2, -0.15) is 0 Å². The summed E-state index contributed by atoms with van der Waals surface area (Å²) in [7, 11) is 0. The van der Waals surface area contributed by atoms with Crippen molar-refractivity contribution in [3.05, 3.63) is 34.6 Å². The van der Waals surface area contributed by atoms with E-state index in [1.807, 2.05) is 42.7 Å². The number of anilines is 1. The van der Waals surface area contributed by atoms with Crippen LogP contribution in [0.5, 0.6) is 0 Å². The number of benzene rings is 1. The van der Waals surface area contributed by atoms with Crippen LogP contribution in [0.25, 0.3) is 0 Å².